The number of nitrogens with one attached hydrogen (secondary N) is 1. The van der Waals surface area contributed by atoms with Crippen molar-refractivity contribution in [2.75, 3.05) is 20.2 Å². The zero-order valence-corrected chi connectivity index (χ0v) is 17.6. The number of likely N-dealkylation sites (tertiary alicyclic amines) is 1. The van der Waals surface area contributed by atoms with Crippen LogP contribution >= 0.6 is 11.3 Å². The van der Waals surface area contributed by atoms with E-state index in [2.05, 4.69) is 42.3 Å². The molecule has 28 heavy (non-hydrogen) atoms. The molecule has 0 radical (unpaired) electrons. The van der Waals surface area contributed by atoms with Gasteiger partial charge in [-0.1, -0.05) is 38.1 Å². The van der Waals surface area contributed by atoms with E-state index in [0.717, 1.165) is 48.4 Å². The number of carbonyl (C=O) groups is 2. The van der Waals surface area contributed by atoms with E-state index >= 15 is 0 Å². The predicted octanol–water partition coefficient (Wildman–Crippen LogP) is 3.94. The minimum absolute atomic E-state index is 0.171. The molecule has 2 atom stereocenters. The van der Waals surface area contributed by atoms with Gasteiger partial charge in [0.25, 0.3) is 5.91 Å². The number of esters is 1. The lowest BCUT2D eigenvalue weighted by molar-refractivity contribution is 0.0606. The van der Waals surface area contributed by atoms with Crippen molar-refractivity contribution in [2.45, 2.75) is 33.4 Å². The first-order valence-electron chi connectivity index (χ1n) is 9.71. The van der Waals surface area contributed by atoms with Crippen molar-refractivity contribution in [3.63, 3.8) is 0 Å². The number of carbonyl (C=O) groups excluding carboxylic acids is 2. The van der Waals surface area contributed by atoms with Crippen LogP contribution < -0.4 is 5.32 Å². The van der Waals surface area contributed by atoms with E-state index in [-0.39, 0.29) is 5.91 Å². The summed E-state index contributed by atoms with van der Waals surface area (Å²) in [7, 11) is 1.34. The van der Waals surface area contributed by atoms with Gasteiger partial charge in [-0.2, -0.15) is 0 Å². The summed E-state index contributed by atoms with van der Waals surface area (Å²) < 4.78 is 4.70. The Morgan fingerprint density at radius 1 is 1.07 bits per heavy atom. The highest BCUT2D eigenvalue weighted by Gasteiger charge is 2.22. The summed E-state index contributed by atoms with van der Waals surface area (Å²) in [6.07, 6.45) is 1.29. The van der Waals surface area contributed by atoms with Gasteiger partial charge in [-0.15, -0.1) is 11.3 Å². The molecule has 6 heteroatoms. The highest BCUT2D eigenvalue weighted by atomic mass is 32.1. The molecule has 5 nitrogen and oxygen atoms in total. The van der Waals surface area contributed by atoms with E-state index in [1.165, 1.54) is 19.1 Å². The second kappa shape index (κ2) is 9.34. The van der Waals surface area contributed by atoms with Crippen LogP contribution in [0.15, 0.2) is 36.4 Å². The molecule has 1 saturated heterocycles. The second-order valence-corrected chi connectivity index (χ2v) is 8.83. The maximum Gasteiger partial charge on any atom is 0.348 e. The minimum Gasteiger partial charge on any atom is -0.465 e. The van der Waals surface area contributed by atoms with Gasteiger partial charge < -0.3 is 10.1 Å². The summed E-state index contributed by atoms with van der Waals surface area (Å²) in [6, 6.07) is 11.6. The molecular weight excluding hydrogens is 372 g/mol. The van der Waals surface area contributed by atoms with Crippen LogP contribution in [0.4, 0.5) is 0 Å². The van der Waals surface area contributed by atoms with Crippen LogP contribution in [-0.2, 0) is 17.8 Å². The summed E-state index contributed by atoms with van der Waals surface area (Å²) in [6.45, 7) is 8.26. The van der Waals surface area contributed by atoms with Gasteiger partial charge in [0.2, 0.25) is 0 Å². The Hall–Kier alpha value is -2.18. The lowest BCUT2D eigenvalue weighted by Gasteiger charge is -2.35. The van der Waals surface area contributed by atoms with Crippen molar-refractivity contribution in [2.24, 2.45) is 11.8 Å². The summed E-state index contributed by atoms with van der Waals surface area (Å²) in [4.78, 5) is 27.5. The SMILES string of the molecule is COC(=O)c1ccc(C(=O)NCc2ccccc2CN2CC(C)CC(C)C2)s1. The van der Waals surface area contributed by atoms with Crippen LogP contribution in [0.3, 0.4) is 0 Å². The van der Waals surface area contributed by atoms with E-state index < -0.39 is 5.97 Å². The molecule has 0 spiro atoms. The molecule has 3 rings (SSSR count). The molecule has 1 fully saturated rings. The normalized spacial score (nSPS) is 20.0. The Balaban J connectivity index is 1.62. The third-order valence-corrected chi connectivity index (χ3v) is 6.18. The van der Waals surface area contributed by atoms with Gasteiger partial charge in [-0.05, 0) is 41.5 Å². The van der Waals surface area contributed by atoms with Crippen molar-refractivity contribution in [3.8, 4) is 0 Å². The van der Waals surface area contributed by atoms with Gasteiger partial charge >= 0.3 is 5.97 Å². The van der Waals surface area contributed by atoms with Crippen molar-refractivity contribution in [1.29, 1.82) is 0 Å². The Labute approximate surface area is 170 Å². The fourth-order valence-electron chi connectivity index (χ4n) is 3.98. The van der Waals surface area contributed by atoms with Crippen molar-refractivity contribution in [1.82, 2.24) is 10.2 Å². The van der Waals surface area contributed by atoms with Crippen molar-refractivity contribution >= 4 is 23.2 Å². The number of benzene rings is 1. The Bertz CT molecular complexity index is 823. The average molecular weight is 401 g/mol. The number of methoxy groups -OCH3 is 1. The number of rotatable bonds is 6. The maximum atomic E-state index is 12.5. The van der Waals surface area contributed by atoms with Gasteiger partial charge in [-0.3, -0.25) is 9.69 Å². The molecule has 1 aromatic heterocycles. The molecule has 2 aromatic rings. The zero-order chi connectivity index (χ0) is 20.1. The number of thiophene rings is 1. The Morgan fingerprint density at radius 2 is 1.71 bits per heavy atom. The third kappa shape index (κ3) is 5.20. The van der Waals surface area contributed by atoms with Crippen molar-refractivity contribution in [3.05, 3.63) is 57.3 Å². The van der Waals surface area contributed by atoms with E-state index in [4.69, 9.17) is 4.74 Å². The summed E-state index contributed by atoms with van der Waals surface area (Å²) in [5.41, 5.74) is 2.39. The van der Waals surface area contributed by atoms with Crippen LogP contribution in [0.25, 0.3) is 0 Å². The number of nitrogens with zero attached hydrogens (tertiary/aromatic N) is 1. The van der Waals surface area contributed by atoms with Crippen molar-refractivity contribution < 1.29 is 14.3 Å². The van der Waals surface area contributed by atoms with E-state index in [9.17, 15) is 9.59 Å². The smallest absolute Gasteiger partial charge is 0.348 e. The van der Waals surface area contributed by atoms with Crippen LogP contribution in [-0.4, -0.2) is 37.0 Å². The first-order chi connectivity index (χ1) is 13.5. The molecule has 1 amide bonds. The van der Waals surface area contributed by atoms with Crippen LogP contribution in [0.1, 0.15) is 50.7 Å². The highest BCUT2D eigenvalue weighted by Crippen LogP contribution is 2.23. The van der Waals surface area contributed by atoms with Crippen LogP contribution in [0, 0.1) is 11.8 Å². The molecule has 1 aromatic carbocycles. The largest absolute Gasteiger partial charge is 0.465 e. The lowest BCUT2D eigenvalue weighted by Crippen LogP contribution is -2.38. The Kier molecular flexibility index (Phi) is 6.86. The van der Waals surface area contributed by atoms with Gasteiger partial charge in [0.1, 0.15) is 4.88 Å². The number of piperidine rings is 1. The topological polar surface area (TPSA) is 58.6 Å². The fourth-order valence-corrected chi connectivity index (χ4v) is 4.82. The molecule has 150 valence electrons. The molecule has 1 aliphatic heterocycles. The molecule has 2 heterocycles. The summed E-state index contributed by atoms with van der Waals surface area (Å²) in [5, 5.41) is 2.98. The average Bonchev–Trinajstić information content (AvgIpc) is 3.16. The molecule has 0 bridgehead atoms. The first-order valence-corrected chi connectivity index (χ1v) is 10.5. The second-order valence-electron chi connectivity index (χ2n) is 7.75. The third-order valence-electron chi connectivity index (χ3n) is 5.11. The molecular formula is C22H28N2O3S. The predicted molar refractivity (Wildman–Crippen MR) is 111 cm³/mol. The van der Waals surface area contributed by atoms with Gasteiger partial charge in [0.05, 0.1) is 12.0 Å². The molecule has 2 unspecified atom stereocenters. The number of ether oxygens (including phenoxy) is 1. The number of hydrogen-bond acceptors (Lipinski definition) is 5. The minimum atomic E-state index is -0.417. The van der Waals surface area contributed by atoms with Crippen LogP contribution in [0.5, 0.6) is 0 Å². The molecule has 0 saturated carbocycles. The number of hydrogen-bond donors (Lipinski definition) is 1. The van der Waals surface area contributed by atoms with E-state index in [1.807, 2.05) is 6.07 Å². The fraction of sp³-hybridized carbons (Fsp3) is 0.455. The Morgan fingerprint density at radius 3 is 2.39 bits per heavy atom. The summed E-state index contributed by atoms with van der Waals surface area (Å²) in [5.74, 6) is 0.853. The quantitative estimate of drug-likeness (QED) is 0.746. The van der Waals surface area contributed by atoms with E-state index in [1.54, 1.807) is 12.1 Å². The molecule has 1 N–H and O–H groups in total. The first kappa shape index (κ1) is 20.6. The summed E-state index contributed by atoms with van der Waals surface area (Å²) >= 11 is 1.15. The lowest BCUT2D eigenvalue weighted by atomic mass is 9.91. The highest BCUT2D eigenvalue weighted by molar-refractivity contribution is 7.15. The standard InChI is InChI=1S/C22H28N2O3S/c1-15-10-16(2)13-24(12-15)14-18-7-5-4-6-17(18)11-23-21(25)19-8-9-20(28-19)22(26)27-3/h4-9,15-16H,10-14H2,1-3H3,(H,23,25). The molecule has 0 aliphatic carbocycles. The molecule has 1 aliphatic rings. The van der Waals surface area contributed by atoms with Gasteiger partial charge in [0.15, 0.2) is 0 Å². The maximum absolute atomic E-state index is 12.5. The van der Waals surface area contributed by atoms with Crippen LogP contribution in [0.2, 0.25) is 0 Å². The zero-order valence-electron chi connectivity index (χ0n) is 16.7. The monoisotopic (exact) mass is 400 g/mol. The van der Waals surface area contributed by atoms with Gasteiger partial charge in [-0.25, -0.2) is 4.79 Å². The van der Waals surface area contributed by atoms with E-state index in [0.29, 0.717) is 16.3 Å². The number of amides is 1. The van der Waals surface area contributed by atoms with Gasteiger partial charge in [0, 0.05) is 26.2 Å².